The number of nitrogens with zero attached hydrogens (tertiary/aromatic N) is 3. The molecule has 0 atom stereocenters. The van der Waals surface area contributed by atoms with Crippen molar-refractivity contribution < 1.29 is 9.53 Å². The molecule has 114 valence electrons. The molecule has 3 rings (SSSR count). The molecule has 6 nitrogen and oxygen atoms in total. The molecule has 22 heavy (non-hydrogen) atoms. The van der Waals surface area contributed by atoms with Crippen LogP contribution >= 0.6 is 0 Å². The topological polar surface area (TPSA) is 67.4 Å². The largest absolute Gasteiger partial charge is 0.378 e. The zero-order valence-electron chi connectivity index (χ0n) is 12.2. The monoisotopic (exact) mass is 298 g/mol. The van der Waals surface area contributed by atoms with Crippen LogP contribution in [-0.2, 0) is 11.3 Å². The third kappa shape index (κ3) is 3.59. The normalized spacial score (nSPS) is 14.6. The van der Waals surface area contributed by atoms with E-state index in [1.165, 1.54) is 0 Å². The number of morpholine rings is 1. The van der Waals surface area contributed by atoms with E-state index in [0.717, 1.165) is 37.7 Å². The Morgan fingerprint density at radius 1 is 1.18 bits per heavy atom. The van der Waals surface area contributed by atoms with E-state index >= 15 is 0 Å². The van der Waals surface area contributed by atoms with Crippen LogP contribution in [0.4, 0.5) is 5.82 Å². The van der Waals surface area contributed by atoms with E-state index in [9.17, 15) is 4.79 Å². The molecule has 6 heteroatoms. The summed E-state index contributed by atoms with van der Waals surface area (Å²) in [5, 5.41) is 2.91. The van der Waals surface area contributed by atoms with Crippen molar-refractivity contribution in [2.45, 2.75) is 6.54 Å². The molecule has 0 aromatic carbocycles. The minimum atomic E-state index is -0.105. The summed E-state index contributed by atoms with van der Waals surface area (Å²) < 4.78 is 5.35. The van der Waals surface area contributed by atoms with Crippen LogP contribution in [0.25, 0.3) is 0 Å². The van der Waals surface area contributed by atoms with Gasteiger partial charge in [-0.05, 0) is 29.8 Å². The van der Waals surface area contributed by atoms with Gasteiger partial charge in [-0.15, -0.1) is 0 Å². The van der Waals surface area contributed by atoms with E-state index < -0.39 is 0 Å². The van der Waals surface area contributed by atoms with E-state index in [-0.39, 0.29) is 5.91 Å². The molecule has 0 saturated carbocycles. The summed E-state index contributed by atoms with van der Waals surface area (Å²) in [7, 11) is 0. The maximum Gasteiger partial charge on any atom is 0.251 e. The first kappa shape index (κ1) is 14.5. The molecule has 0 aliphatic carbocycles. The number of carbonyl (C=O) groups is 1. The smallest absolute Gasteiger partial charge is 0.251 e. The Labute approximate surface area is 129 Å². The quantitative estimate of drug-likeness (QED) is 0.920. The van der Waals surface area contributed by atoms with Gasteiger partial charge in [-0.3, -0.25) is 9.78 Å². The lowest BCUT2D eigenvalue weighted by atomic mass is 10.2. The third-order valence-corrected chi connectivity index (χ3v) is 3.54. The van der Waals surface area contributed by atoms with Crippen molar-refractivity contribution in [3.63, 3.8) is 0 Å². The van der Waals surface area contributed by atoms with Crippen LogP contribution < -0.4 is 10.2 Å². The number of amides is 1. The van der Waals surface area contributed by atoms with Gasteiger partial charge in [0.15, 0.2) is 0 Å². The Hall–Kier alpha value is -2.47. The molecule has 0 radical (unpaired) electrons. The van der Waals surface area contributed by atoms with Crippen LogP contribution in [-0.4, -0.2) is 42.2 Å². The summed E-state index contributed by atoms with van der Waals surface area (Å²) in [6.07, 6.45) is 4.99. The molecular weight excluding hydrogens is 280 g/mol. The van der Waals surface area contributed by atoms with Crippen LogP contribution in [0.15, 0.2) is 42.9 Å². The van der Waals surface area contributed by atoms with E-state index in [0.29, 0.717) is 12.1 Å². The van der Waals surface area contributed by atoms with Crippen molar-refractivity contribution in [1.82, 2.24) is 15.3 Å². The maximum absolute atomic E-state index is 12.0. The number of ether oxygens (including phenoxy) is 1. The minimum Gasteiger partial charge on any atom is -0.378 e. The zero-order chi connectivity index (χ0) is 15.2. The highest BCUT2D eigenvalue weighted by Gasteiger charge is 2.12. The first-order valence-corrected chi connectivity index (χ1v) is 7.29. The van der Waals surface area contributed by atoms with Gasteiger partial charge in [0.25, 0.3) is 5.91 Å². The first-order valence-electron chi connectivity index (χ1n) is 7.29. The number of nitrogens with one attached hydrogen (secondary N) is 1. The number of anilines is 1. The standard InChI is InChI=1S/C16H18N4O2/c21-16(14-2-4-17-5-3-14)19-12-13-1-6-18-15(11-13)20-7-9-22-10-8-20/h1-6,11H,7-10,12H2,(H,19,21). The van der Waals surface area contributed by atoms with Crippen molar-refractivity contribution >= 4 is 11.7 Å². The van der Waals surface area contributed by atoms with Gasteiger partial charge in [0, 0.05) is 43.8 Å². The highest BCUT2D eigenvalue weighted by molar-refractivity contribution is 5.93. The number of carbonyl (C=O) groups excluding carboxylic acids is 1. The molecule has 1 N–H and O–H groups in total. The Kier molecular flexibility index (Phi) is 4.60. The van der Waals surface area contributed by atoms with Crippen LogP contribution in [0.1, 0.15) is 15.9 Å². The van der Waals surface area contributed by atoms with Gasteiger partial charge in [0.05, 0.1) is 13.2 Å². The number of hydrogen-bond acceptors (Lipinski definition) is 5. The summed E-state index contributed by atoms with van der Waals surface area (Å²) in [6, 6.07) is 7.32. The number of pyridine rings is 2. The highest BCUT2D eigenvalue weighted by atomic mass is 16.5. The average Bonchev–Trinajstić information content (AvgIpc) is 2.61. The molecule has 3 heterocycles. The molecular formula is C16H18N4O2. The fourth-order valence-corrected chi connectivity index (χ4v) is 2.32. The van der Waals surface area contributed by atoms with Crippen LogP contribution in [0.5, 0.6) is 0 Å². The van der Waals surface area contributed by atoms with Gasteiger partial charge >= 0.3 is 0 Å². The summed E-state index contributed by atoms with van der Waals surface area (Å²) in [4.78, 5) is 22.5. The average molecular weight is 298 g/mol. The van der Waals surface area contributed by atoms with E-state index in [1.54, 1.807) is 30.7 Å². The zero-order valence-corrected chi connectivity index (χ0v) is 12.2. The maximum atomic E-state index is 12.0. The number of hydrogen-bond donors (Lipinski definition) is 1. The second-order valence-corrected chi connectivity index (χ2v) is 5.04. The molecule has 1 aliphatic heterocycles. The van der Waals surface area contributed by atoms with Crippen molar-refractivity contribution in [3.8, 4) is 0 Å². The lowest BCUT2D eigenvalue weighted by Gasteiger charge is -2.28. The molecule has 1 amide bonds. The molecule has 1 saturated heterocycles. The fraction of sp³-hybridized carbons (Fsp3) is 0.312. The first-order chi connectivity index (χ1) is 10.8. The predicted octanol–water partition coefficient (Wildman–Crippen LogP) is 1.24. The number of aromatic nitrogens is 2. The van der Waals surface area contributed by atoms with Gasteiger partial charge in [-0.2, -0.15) is 0 Å². The molecule has 1 fully saturated rings. The van der Waals surface area contributed by atoms with Crippen molar-refractivity contribution in [2.24, 2.45) is 0 Å². The Morgan fingerprint density at radius 3 is 2.73 bits per heavy atom. The van der Waals surface area contributed by atoms with E-state index in [2.05, 4.69) is 20.2 Å². The SMILES string of the molecule is O=C(NCc1ccnc(N2CCOCC2)c1)c1ccncc1. The van der Waals surface area contributed by atoms with Gasteiger partial charge in [0.1, 0.15) is 5.82 Å². The molecule has 2 aromatic heterocycles. The Balaban J connectivity index is 1.62. The Morgan fingerprint density at radius 2 is 1.95 bits per heavy atom. The lowest BCUT2D eigenvalue weighted by molar-refractivity contribution is 0.0951. The van der Waals surface area contributed by atoms with Crippen molar-refractivity contribution in [1.29, 1.82) is 0 Å². The second-order valence-electron chi connectivity index (χ2n) is 5.04. The van der Waals surface area contributed by atoms with Crippen molar-refractivity contribution in [3.05, 3.63) is 54.0 Å². The summed E-state index contributed by atoms with van der Waals surface area (Å²) in [5.41, 5.74) is 1.64. The molecule has 0 unspecified atom stereocenters. The second kappa shape index (κ2) is 7.00. The fourth-order valence-electron chi connectivity index (χ4n) is 2.32. The van der Waals surface area contributed by atoms with Crippen LogP contribution in [0.3, 0.4) is 0 Å². The summed E-state index contributed by atoms with van der Waals surface area (Å²) in [6.45, 7) is 3.62. The lowest BCUT2D eigenvalue weighted by Crippen LogP contribution is -2.36. The molecule has 1 aliphatic rings. The van der Waals surface area contributed by atoms with E-state index in [4.69, 9.17) is 4.74 Å². The van der Waals surface area contributed by atoms with Crippen molar-refractivity contribution in [2.75, 3.05) is 31.2 Å². The van der Waals surface area contributed by atoms with Crippen LogP contribution in [0, 0.1) is 0 Å². The predicted molar refractivity (Wildman–Crippen MR) is 82.7 cm³/mol. The Bertz CT molecular complexity index is 627. The minimum absolute atomic E-state index is 0.105. The van der Waals surface area contributed by atoms with Gasteiger partial charge < -0.3 is 15.0 Å². The molecule has 2 aromatic rings. The highest BCUT2D eigenvalue weighted by Crippen LogP contribution is 2.14. The van der Waals surface area contributed by atoms with Crippen LogP contribution in [0.2, 0.25) is 0 Å². The van der Waals surface area contributed by atoms with Gasteiger partial charge in [0.2, 0.25) is 0 Å². The van der Waals surface area contributed by atoms with Gasteiger partial charge in [-0.25, -0.2) is 4.98 Å². The van der Waals surface area contributed by atoms with Gasteiger partial charge in [-0.1, -0.05) is 0 Å². The summed E-state index contributed by atoms with van der Waals surface area (Å²) >= 11 is 0. The molecule has 0 spiro atoms. The third-order valence-electron chi connectivity index (χ3n) is 3.54. The summed E-state index contributed by atoms with van der Waals surface area (Å²) in [5.74, 6) is 0.825. The van der Waals surface area contributed by atoms with E-state index in [1.807, 2.05) is 12.1 Å². The number of rotatable bonds is 4. The molecule has 0 bridgehead atoms.